The van der Waals surface area contributed by atoms with E-state index in [-0.39, 0.29) is 15.6 Å². The van der Waals surface area contributed by atoms with E-state index in [1.165, 1.54) is 21.3 Å². The van der Waals surface area contributed by atoms with Crippen LogP contribution in [-0.4, -0.2) is 36.9 Å². The predicted octanol–water partition coefficient (Wildman–Crippen LogP) is 3.42. The number of aromatic nitrogens is 2. The van der Waals surface area contributed by atoms with E-state index in [0.29, 0.717) is 10.6 Å². The van der Waals surface area contributed by atoms with Crippen molar-refractivity contribution in [3.05, 3.63) is 52.3 Å². The minimum absolute atomic E-state index is 0.0451. The number of nitrogens with one attached hydrogen (secondary N) is 3. The number of benzene rings is 1. The largest absolute Gasteiger partial charge is 0.354 e. The monoisotopic (exact) mass is 476 g/mol. The van der Waals surface area contributed by atoms with E-state index in [1.807, 2.05) is 18.3 Å². The van der Waals surface area contributed by atoms with Crippen molar-refractivity contribution in [2.75, 3.05) is 17.8 Å². The Labute approximate surface area is 189 Å². The van der Waals surface area contributed by atoms with E-state index >= 15 is 0 Å². The number of halogens is 1. The molecular weight excluding hydrogens is 456 g/mol. The first-order valence-corrected chi connectivity index (χ1v) is 12.5. The molecule has 0 unspecified atom stereocenters. The van der Waals surface area contributed by atoms with Crippen molar-refractivity contribution in [1.29, 1.82) is 0 Å². The van der Waals surface area contributed by atoms with Crippen molar-refractivity contribution in [2.45, 2.75) is 30.7 Å². The fourth-order valence-corrected chi connectivity index (χ4v) is 6.60. The van der Waals surface area contributed by atoms with Crippen LogP contribution in [-0.2, 0) is 15.4 Å². The molecule has 162 valence electrons. The third kappa shape index (κ3) is 3.58. The number of rotatable bonds is 4. The van der Waals surface area contributed by atoms with Gasteiger partial charge in [-0.25, -0.2) is 4.98 Å². The van der Waals surface area contributed by atoms with Gasteiger partial charge in [0.2, 0.25) is 0 Å². The van der Waals surface area contributed by atoms with E-state index < -0.39 is 10.0 Å². The molecule has 0 fully saturated rings. The molecular formula is C20H21ClN6O2S2. The molecule has 0 saturated carbocycles. The van der Waals surface area contributed by atoms with Crippen molar-refractivity contribution >= 4 is 55.1 Å². The lowest BCUT2D eigenvalue weighted by Gasteiger charge is -2.18. The molecule has 11 heteroatoms. The number of sulfonamides is 1. The van der Waals surface area contributed by atoms with E-state index in [1.54, 1.807) is 17.6 Å². The molecule has 8 nitrogen and oxygen atoms in total. The molecule has 1 aromatic carbocycles. The van der Waals surface area contributed by atoms with Crippen LogP contribution < -0.4 is 15.4 Å². The van der Waals surface area contributed by atoms with Crippen molar-refractivity contribution in [2.24, 2.45) is 4.99 Å². The van der Waals surface area contributed by atoms with Crippen molar-refractivity contribution in [1.82, 2.24) is 20.0 Å². The summed E-state index contributed by atoms with van der Waals surface area (Å²) < 4.78 is 30.4. The highest BCUT2D eigenvalue weighted by Crippen LogP contribution is 2.46. The number of allylic oxidation sites excluding steroid dienone is 1. The van der Waals surface area contributed by atoms with Crippen LogP contribution in [0.25, 0.3) is 10.5 Å². The maximum absolute atomic E-state index is 13.1. The number of guanidine groups is 1. The molecule has 0 atom stereocenters. The zero-order valence-electron chi connectivity index (χ0n) is 16.9. The normalized spacial score (nSPS) is 18.8. The van der Waals surface area contributed by atoms with Gasteiger partial charge in [0, 0.05) is 30.0 Å². The first-order valence-electron chi connectivity index (χ1n) is 9.77. The number of imidazole rings is 1. The van der Waals surface area contributed by atoms with Crippen molar-refractivity contribution in [3.63, 3.8) is 0 Å². The van der Waals surface area contributed by atoms with Crippen LogP contribution >= 0.6 is 22.9 Å². The molecule has 5 rings (SSSR count). The number of aliphatic imine (C=N–C) groups is 1. The fraction of sp³-hybridized carbons (Fsp3) is 0.300. The molecule has 2 aromatic heterocycles. The zero-order chi connectivity index (χ0) is 21.8. The van der Waals surface area contributed by atoms with Crippen LogP contribution in [0.5, 0.6) is 0 Å². The zero-order valence-corrected chi connectivity index (χ0v) is 19.3. The van der Waals surface area contributed by atoms with Gasteiger partial charge in [0.05, 0.1) is 6.54 Å². The highest BCUT2D eigenvalue weighted by atomic mass is 35.5. The number of fused-ring (bicyclic) bond motifs is 2. The second kappa shape index (κ2) is 7.25. The first-order chi connectivity index (χ1) is 14.7. The van der Waals surface area contributed by atoms with Gasteiger partial charge >= 0.3 is 0 Å². The SMILES string of the molecule is CC1(C)CC(=CNC2=NCCN2)c2cc(NS(=O)(=O)c3c(Cl)nc4sccn34)ccc21. The second-order valence-electron chi connectivity index (χ2n) is 8.16. The first kappa shape index (κ1) is 20.3. The van der Waals surface area contributed by atoms with Gasteiger partial charge in [-0.3, -0.25) is 14.1 Å². The summed E-state index contributed by atoms with van der Waals surface area (Å²) in [4.78, 5) is 9.00. The minimum atomic E-state index is -3.93. The van der Waals surface area contributed by atoms with Crippen molar-refractivity contribution in [3.8, 4) is 0 Å². The molecule has 1 aliphatic heterocycles. The highest BCUT2D eigenvalue weighted by Gasteiger charge is 2.34. The van der Waals surface area contributed by atoms with Gasteiger partial charge < -0.3 is 10.6 Å². The van der Waals surface area contributed by atoms with E-state index in [0.717, 1.165) is 36.6 Å². The summed E-state index contributed by atoms with van der Waals surface area (Å²) in [6.07, 6.45) is 4.43. The Bertz CT molecular complexity index is 1350. The number of hydrogen-bond acceptors (Lipinski definition) is 7. The van der Waals surface area contributed by atoms with Crippen LogP contribution in [0.1, 0.15) is 31.4 Å². The highest BCUT2D eigenvalue weighted by molar-refractivity contribution is 7.92. The molecule has 0 radical (unpaired) electrons. The quantitative estimate of drug-likeness (QED) is 0.535. The molecule has 3 aromatic rings. The number of thiazole rings is 1. The van der Waals surface area contributed by atoms with Gasteiger partial charge in [-0.2, -0.15) is 8.42 Å². The lowest BCUT2D eigenvalue weighted by molar-refractivity contribution is 0.563. The van der Waals surface area contributed by atoms with E-state index in [9.17, 15) is 8.42 Å². The molecule has 1 aliphatic carbocycles. The van der Waals surface area contributed by atoms with Crippen LogP contribution in [0.4, 0.5) is 5.69 Å². The van der Waals surface area contributed by atoms with Crippen LogP contribution in [0.15, 0.2) is 46.0 Å². The molecule has 3 heterocycles. The summed E-state index contributed by atoms with van der Waals surface area (Å²) in [5, 5.41) is 8.07. The van der Waals surface area contributed by atoms with Gasteiger partial charge in [0.15, 0.2) is 21.1 Å². The number of hydrogen-bond donors (Lipinski definition) is 3. The van der Waals surface area contributed by atoms with Crippen molar-refractivity contribution < 1.29 is 8.42 Å². The van der Waals surface area contributed by atoms with E-state index in [2.05, 4.69) is 39.2 Å². The number of nitrogens with zero attached hydrogens (tertiary/aromatic N) is 3. The maximum Gasteiger partial charge on any atom is 0.281 e. The fourth-order valence-electron chi connectivity index (χ4n) is 4.09. The molecule has 0 spiro atoms. The Kier molecular flexibility index (Phi) is 4.76. The topological polar surface area (TPSA) is 99.9 Å². The Morgan fingerprint density at radius 3 is 2.97 bits per heavy atom. The van der Waals surface area contributed by atoms with Crippen LogP contribution in [0, 0.1) is 0 Å². The standard InChI is InChI=1S/C20H21ClN6O2S2/c1-20(2)10-12(11-24-18-22-5-6-23-18)14-9-13(3-4-15(14)20)26-31(28,29)17-16(21)25-19-27(17)7-8-30-19/h3-4,7-9,11,26H,5-6,10H2,1-2H3,(H2,22,23,24). The van der Waals surface area contributed by atoms with Gasteiger partial charge in [0.1, 0.15) is 0 Å². The van der Waals surface area contributed by atoms with Gasteiger partial charge in [-0.1, -0.05) is 31.5 Å². The second-order valence-corrected chi connectivity index (χ2v) is 11.0. The Morgan fingerprint density at radius 2 is 2.19 bits per heavy atom. The van der Waals surface area contributed by atoms with Crippen LogP contribution in [0.2, 0.25) is 5.15 Å². The number of anilines is 1. The van der Waals surface area contributed by atoms with Crippen LogP contribution in [0.3, 0.4) is 0 Å². The molecule has 0 amide bonds. The average Bonchev–Trinajstić information content (AvgIpc) is 3.44. The summed E-state index contributed by atoms with van der Waals surface area (Å²) in [5.41, 5.74) is 3.70. The molecule has 2 aliphatic rings. The lowest BCUT2D eigenvalue weighted by Crippen LogP contribution is -2.30. The van der Waals surface area contributed by atoms with Gasteiger partial charge in [0.25, 0.3) is 10.0 Å². The summed E-state index contributed by atoms with van der Waals surface area (Å²) in [6.45, 7) is 5.95. The van der Waals surface area contributed by atoms with Gasteiger partial charge in [-0.05, 0) is 40.7 Å². The third-order valence-electron chi connectivity index (χ3n) is 5.47. The third-order valence-corrected chi connectivity index (χ3v) is 8.01. The molecule has 0 saturated heterocycles. The summed E-state index contributed by atoms with van der Waals surface area (Å²) in [7, 11) is -3.93. The summed E-state index contributed by atoms with van der Waals surface area (Å²) in [5.74, 6) is 0.755. The van der Waals surface area contributed by atoms with E-state index in [4.69, 9.17) is 11.6 Å². The Hall–Kier alpha value is -2.56. The Balaban J connectivity index is 1.49. The average molecular weight is 477 g/mol. The molecule has 0 bridgehead atoms. The lowest BCUT2D eigenvalue weighted by atomic mass is 9.86. The summed E-state index contributed by atoms with van der Waals surface area (Å²) >= 11 is 7.46. The Morgan fingerprint density at radius 1 is 1.35 bits per heavy atom. The molecule has 3 N–H and O–H groups in total. The predicted molar refractivity (Wildman–Crippen MR) is 124 cm³/mol. The minimum Gasteiger partial charge on any atom is -0.354 e. The maximum atomic E-state index is 13.1. The smallest absolute Gasteiger partial charge is 0.281 e. The van der Waals surface area contributed by atoms with Gasteiger partial charge in [-0.15, -0.1) is 11.3 Å². The molecule has 31 heavy (non-hydrogen) atoms. The summed E-state index contributed by atoms with van der Waals surface area (Å²) in [6, 6.07) is 5.65.